The number of rotatable bonds is 7. The minimum atomic E-state index is -0.262. The molecular weight excluding hydrogens is 356 g/mol. The highest BCUT2D eigenvalue weighted by Crippen LogP contribution is 2.30. The number of anilines is 3. The summed E-state index contributed by atoms with van der Waals surface area (Å²) in [7, 11) is 3.15. The molecule has 1 amide bonds. The Morgan fingerprint density at radius 2 is 1.57 bits per heavy atom. The highest BCUT2D eigenvalue weighted by atomic mass is 16.5. The van der Waals surface area contributed by atoms with E-state index in [9.17, 15) is 4.79 Å². The second-order valence-electron chi connectivity index (χ2n) is 5.99. The van der Waals surface area contributed by atoms with Crippen molar-refractivity contribution in [1.29, 1.82) is 0 Å². The molecule has 3 rings (SSSR count). The fraction of sp³-hybridized carbons (Fsp3) is 0.190. The number of nitrogens with one attached hydrogen (secondary N) is 2. The van der Waals surface area contributed by atoms with Crippen molar-refractivity contribution in [2.45, 2.75) is 13.3 Å². The van der Waals surface area contributed by atoms with Crippen LogP contribution in [-0.4, -0.2) is 30.1 Å². The summed E-state index contributed by atoms with van der Waals surface area (Å²) in [4.78, 5) is 20.8. The SMILES string of the molecule is CCc1ccc(NC(=O)c2cnc(Nc3ccc(OC)c(OC)c3)nc2)cc1. The summed E-state index contributed by atoms with van der Waals surface area (Å²) in [6, 6.07) is 13.1. The molecule has 0 aliphatic heterocycles. The summed E-state index contributed by atoms with van der Waals surface area (Å²) in [6.07, 6.45) is 3.91. The third kappa shape index (κ3) is 4.56. The Labute approximate surface area is 163 Å². The van der Waals surface area contributed by atoms with E-state index in [4.69, 9.17) is 9.47 Å². The predicted octanol–water partition coefficient (Wildman–Crippen LogP) is 4.05. The van der Waals surface area contributed by atoms with Gasteiger partial charge in [-0.05, 0) is 36.2 Å². The second kappa shape index (κ2) is 8.85. The molecule has 0 aliphatic carbocycles. The van der Waals surface area contributed by atoms with Crippen LogP contribution in [0.15, 0.2) is 54.9 Å². The molecule has 7 heteroatoms. The summed E-state index contributed by atoms with van der Waals surface area (Å²) in [5.74, 6) is 1.34. The fourth-order valence-electron chi connectivity index (χ4n) is 2.58. The van der Waals surface area contributed by atoms with Crippen molar-refractivity contribution >= 4 is 23.2 Å². The van der Waals surface area contributed by atoms with E-state index in [0.29, 0.717) is 23.0 Å². The summed E-state index contributed by atoms with van der Waals surface area (Å²) in [5.41, 5.74) is 3.06. The second-order valence-corrected chi connectivity index (χ2v) is 5.99. The number of ether oxygens (including phenoxy) is 2. The number of hydrogen-bond donors (Lipinski definition) is 2. The van der Waals surface area contributed by atoms with E-state index >= 15 is 0 Å². The maximum atomic E-state index is 12.4. The van der Waals surface area contributed by atoms with Crippen molar-refractivity contribution in [3.63, 3.8) is 0 Å². The molecule has 0 saturated heterocycles. The van der Waals surface area contributed by atoms with Gasteiger partial charge in [-0.25, -0.2) is 9.97 Å². The lowest BCUT2D eigenvalue weighted by Crippen LogP contribution is -2.13. The number of aromatic nitrogens is 2. The van der Waals surface area contributed by atoms with Crippen molar-refractivity contribution in [2.75, 3.05) is 24.9 Å². The minimum Gasteiger partial charge on any atom is -0.493 e. The van der Waals surface area contributed by atoms with Crippen LogP contribution in [0.25, 0.3) is 0 Å². The number of carbonyl (C=O) groups is 1. The number of methoxy groups -OCH3 is 2. The molecule has 1 heterocycles. The molecule has 0 unspecified atom stereocenters. The first-order valence-electron chi connectivity index (χ1n) is 8.84. The molecular formula is C21H22N4O3. The Balaban J connectivity index is 1.66. The van der Waals surface area contributed by atoms with E-state index in [1.54, 1.807) is 26.4 Å². The average molecular weight is 378 g/mol. The van der Waals surface area contributed by atoms with E-state index in [1.807, 2.05) is 30.3 Å². The maximum Gasteiger partial charge on any atom is 0.258 e. The molecule has 0 fully saturated rings. The average Bonchev–Trinajstić information content (AvgIpc) is 2.74. The van der Waals surface area contributed by atoms with Gasteiger partial charge in [0, 0.05) is 29.8 Å². The Kier molecular flexibility index (Phi) is 6.06. The zero-order valence-electron chi connectivity index (χ0n) is 16.0. The van der Waals surface area contributed by atoms with Crippen LogP contribution in [0.3, 0.4) is 0 Å². The van der Waals surface area contributed by atoms with E-state index < -0.39 is 0 Å². The topological polar surface area (TPSA) is 85.4 Å². The largest absolute Gasteiger partial charge is 0.493 e. The smallest absolute Gasteiger partial charge is 0.258 e. The lowest BCUT2D eigenvalue weighted by Gasteiger charge is -2.10. The molecule has 0 saturated carbocycles. The molecule has 3 aromatic rings. The Bertz CT molecular complexity index is 941. The molecule has 2 N–H and O–H groups in total. The monoisotopic (exact) mass is 378 g/mol. The quantitative estimate of drug-likeness (QED) is 0.645. The van der Waals surface area contributed by atoms with Gasteiger partial charge < -0.3 is 20.1 Å². The molecule has 0 spiro atoms. The van der Waals surface area contributed by atoms with Gasteiger partial charge in [-0.3, -0.25) is 4.79 Å². The Morgan fingerprint density at radius 3 is 2.18 bits per heavy atom. The van der Waals surface area contributed by atoms with Crippen molar-refractivity contribution < 1.29 is 14.3 Å². The van der Waals surface area contributed by atoms with Gasteiger partial charge >= 0.3 is 0 Å². The first-order valence-corrected chi connectivity index (χ1v) is 8.84. The zero-order chi connectivity index (χ0) is 19.9. The molecule has 1 aromatic heterocycles. The van der Waals surface area contributed by atoms with Crippen molar-refractivity contribution in [3.05, 3.63) is 66.0 Å². The summed E-state index contributed by atoms with van der Waals surface area (Å²) in [5, 5.41) is 5.91. The van der Waals surface area contributed by atoms with Crippen LogP contribution >= 0.6 is 0 Å². The first kappa shape index (κ1) is 19.2. The van der Waals surface area contributed by atoms with E-state index in [0.717, 1.165) is 17.8 Å². The van der Waals surface area contributed by atoms with Crippen LogP contribution < -0.4 is 20.1 Å². The van der Waals surface area contributed by atoms with Crippen LogP contribution in [-0.2, 0) is 6.42 Å². The van der Waals surface area contributed by atoms with Crippen LogP contribution in [0.5, 0.6) is 11.5 Å². The van der Waals surface area contributed by atoms with Crippen LogP contribution in [0.2, 0.25) is 0 Å². The van der Waals surface area contributed by atoms with Crippen molar-refractivity contribution in [1.82, 2.24) is 9.97 Å². The Morgan fingerprint density at radius 1 is 0.929 bits per heavy atom. The third-order valence-corrected chi connectivity index (χ3v) is 4.17. The van der Waals surface area contributed by atoms with Crippen molar-refractivity contribution in [3.8, 4) is 11.5 Å². The van der Waals surface area contributed by atoms with Crippen LogP contribution in [0.1, 0.15) is 22.8 Å². The predicted molar refractivity (Wildman–Crippen MR) is 109 cm³/mol. The number of aryl methyl sites for hydroxylation is 1. The molecule has 0 atom stereocenters. The molecule has 2 aromatic carbocycles. The summed E-state index contributed by atoms with van der Waals surface area (Å²) < 4.78 is 10.5. The summed E-state index contributed by atoms with van der Waals surface area (Å²) >= 11 is 0. The van der Waals surface area contributed by atoms with E-state index in [2.05, 4.69) is 27.5 Å². The normalized spacial score (nSPS) is 10.2. The standard InChI is InChI=1S/C21H22N4O3/c1-4-14-5-7-16(8-6-14)24-20(26)15-12-22-21(23-13-15)25-17-9-10-18(27-2)19(11-17)28-3/h5-13H,4H2,1-3H3,(H,24,26)(H,22,23,25). The van der Waals surface area contributed by atoms with Gasteiger partial charge in [0.2, 0.25) is 5.95 Å². The highest BCUT2D eigenvalue weighted by Gasteiger charge is 2.09. The minimum absolute atomic E-state index is 0.262. The van der Waals surface area contributed by atoms with Gasteiger partial charge in [0.05, 0.1) is 19.8 Å². The van der Waals surface area contributed by atoms with Gasteiger partial charge in [-0.1, -0.05) is 19.1 Å². The van der Waals surface area contributed by atoms with Gasteiger partial charge in [-0.15, -0.1) is 0 Å². The number of carbonyl (C=O) groups excluding carboxylic acids is 1. The molecule has 28 heavy (non-hydrogen) atoms. The van der Waals surface area contributed by atoms with E-state index in [1.165, 1.54) is 18.0 Å². The fourth-order valence-corrected chi connectivity index (χ4v) is 2.58. The number of hydrogen-bond acceptors (Lipinski definition) is 6. The molecule has 144 valence electrons. The van der Waals surface area contributed by atoms with Crippen LogP contribution in [0.4, 0.5) is 17.3 Å². The van der Waals surface area contributed by atoms with Crippen molar-refractivity contribution in [2.24, 2.45) is 0 Å². The lowest BCUT2D eigenvalue weighted by atomic mass is 10.1. The first-order chi connectivity index (χ1) is 13.6. The lowest BCUT2D eigenvalue weighted by molar-refractivity contribution is 0.102. The molecule has 0 aliphatic rings. The van der Waals surface area contributed by atoms with Gasteiger partial charge in [0.25, 0.3) is 5.91 Å². The molecule has 0 radical (unpaired) electrons. The number of nitrogens with zero attached hydrogens (tertiary/aromatic N) is 2. The number of benzene rings is 2. The van der Waals surface area contributed by atoms with Crippen LogP contribution in [0, 0.1) is 0 Å². The third-order valence-electron chi connectivity index (χ3n) is 4.17. The molecule has 7 nitrogen and oxygen atoms in total. The maximum absolute atomic E-state index is 12.4. The zero-order valence-corrected chi connectivity index (χ0v) is 16.0. The highest BCUT2D eigenvalue weighted by molar-refractivity contribution is 6.03. The molecule has 0 bridgehead atoms. The van der Waals surface area contributed by atoms with E-state index in [-0.39, 0.29) is 5.91 Å². The van der Waals surface area contributed by atoms with Gasteiger partial charge in [-0.2, -0.15) is 0 Å². The number of amides is 1. The summed E-state index contributed by atoms with van der Waals surface area (Å²) in [6.45, 7) is 2.09. The van der Waals surface area contributed by atoms with Gasteiger partial charge in [0.15, 0.2) is 11.5 Å². The Hall–Kier alpha value is -3.61. The van der Waals surface area contributed by atoms with Gasteiger partial charge in [0.1, 0.15) is 0 Å².